The summed E-state index contributed by atoms with van der Waals surface area (Å²) in [5.74, 6) is -0.540. The summed E-state index contributed by atoms with van der Waals surface area (Å²) in [6, 6.07) is 5.91. The highest BCUT2D eigenvalue weighted by Crippen LogP contribution is 2.40. The number of rotatable bonds is 4. The fourth-order valence-corrected chi connectivity index (χ4v) is 2.84. The van der Waals surface area contributed by atoms with Gasteiger partial charge in [0.25, 0.3) is 0 Å². The normalized spacial score (nSPS) is 11.6. The van der Waals surface area contributed by atoms with Crippen LogP contribution in [0.2, 0.25) is 5.02 Å². The molecule has 146 valence electrons. The van der Waals surface area contributed by atoms with E-state index in [0.29, 0.717) is 29.5 Å². The summed E-state index contributed by atoms with van der Waals surface area (Å²) in [4.78, 5) is 21.8. The second-order valence-corrected chi connectivity index (χ2v) is 6.17. The summed E-state index contributed by atoms with van der Waals surface area (Å²) in [6.07, 6.45) is -4.22. The van der Waals surface area contributed by atoms with Crippen molar-refractivity contribution in [3.8, 4) is 11.5 Å². The Hall–Kier alpha value is -3.07. The van der Waals surface area contributed by atoms with Crippen LogP contribution >= 0.6 is 11.6 Å². The van der Waals surface area contributed by atoms with Gasteiger partial charge in [-0.3, -0.25) is 10.1 Å². The molecule has 0 atom stereocenters. The van der Waals surface area contributed by atoms with Crippen LogP contribution in [0, 0.1) is 10.1 Å². The van der Waals surface area contributed by atoms with Gasteiger partial charge in [0.1, 0.15) is 11.3 Å². The van der Waals surface area contributed by atoms with E-state index in [4.69, 9.17) is 20.8 Å². The van der Waals surface area contributed by atoms with Crippen molar-refractivity contribution in [3.63, 3.8) is 0 Å². The summed E-state index contributed by atoms with van der Waals surface area (Å²) in [5, 5.41) is 11.8. The third-order valence-corrected chi connectivity index (χ3v) is 4.26. The lowest BCUT2D eigenvalue weighted by molar-refractivity contribution is -0.385. The molecule has 0 amide bonds. The smallest absolute Gasteiger partial charge is 0.416 e. The molecule has 0 N–H and O–H groups in total. The van der Waals surface area contributed by atoms with Gasteiger partial charge < -0.3 is 9.15 Å². The molecule has 0 radical (unpaired) electrons. The van der Waals surface area contributed by atoms with Crippen LogP contribution in [0.3, 0.4) is 0 Å². The zero-order chi connectivity index (χ0) is 20.6. The lowest BCUT2D eigenvalue weighted by Crippen LogP contribution is -2.06. The van der Waals surface area contributed by atoms with E-state index in [1.165, 1.54) is 18.2 Å². The van der Waals surface area contributed by atoms with Crippen molar-refractivity contribution in [3.05, 3.63) is 73.1 Å². The topological polar surface area (TPSA) is 82.6 Å². The van der Waals surface area contributed by atoms with Crippen LogP contribution in [0.15, 0.2) is 45.6 Å². The maximum atomic E-state index is 12.8. The molecule has 0 aliphatic heterocycles. The van der Waals surface area contributed by atoms with Gasteiger partial charge in [-0.1, -0.05) is 18.5 Å². The predicted molar refractivity (Wildman–Crippen MR) is 95.0 cm³/mol. The van der Waals surface area contributed by atoms with Crippen LogP contribution in [0.1, 0.15) is 18.1 Å². The Labute approximate surface area is 160 Å². The Kier molecular flexibility index (Phi) is 5.03. The summed E-state index contributed by atoms with van der Waals surface area (Å²) in [6.45, 7) is 1.83. The number of ether oxygens (including phenoxy) is 1. The number of aryl methyl sites for hydroxylation is 1. The Bertz CT molecular complexity index is 1140. The van der Waals surface area contributed by atoms with Crippen molar-refractivity contribution >= 4 is 28.3 Å². The number of benzene rings is 2. The summed E-state index contributed by atoms with van der Waals surface area (Å²) < 4.78 is 48.9. The molecule has 0 unspecified atom stereocenters. The Morgan fingerprint density at radius 2 is 1.89 bits per heavy atom. The van der Waals surface area contributed by atoms with Gasteiger partial charge in [-0.2, -0.15) is 13.2 Å². The molecule has 0 fully saturated rings. The first kappa shape index (κ1) is 19.7. The zero-order valence-corrected chi connectivity index (χ0v) is 14.9. The molecular formula is C18H11ClF3NO5. The van der Waals surface area contributed by atoms with Crippen molar-refractivity contribution in [1.82, 2.24) is 0 Å². The van der Waals surface area contributed by atoms with Crippen molar-refractivity contribution in [1.29, 1.82) is 0 Å². The average Bonchev–Trinajstić information content (AvgIpc) is 2.61. The maximum Gasteiger partial charge on any atom is 0.416 e. The fraction of sp³-hybridized carbons (Fsp3) is 0.167. The fourth-order valence-electron chi connectivity index (χ4n) is 2.64. The molecule has 0 saturated heterocycles. The molecule has 28 heavy (non-hydrogen) atoms. The number of nitrogens with zero attached hydrogens (tertiary/aromatic N) is 1. The highest BCUT2D eigenvalue weighted by Gasteiger charge is 2.33. The molecule has 10 heteroatoms. The first-order chi connectivity index (χ1) is 13.1. The highest BCUT2D eigenvalue weighted by atomic mass is 35.5. The summed E-state index contributed by atoms with van der Waals surface area (Å²) in [5.41, 5.74) is -1.85. The van der Waals surface area contributed by atoms with Crippen LogP contribution in [-0.4, -0.2) is 4.92 Å². The van der Waals surface area contributed by atoms with E-state index in [1.54, 1.807) is 0 Å². The third-order valence-electron chi connectivity index (χ3n) is 3.97. The molecule has 1 heterocycles. The monoisotopic (exact) mass is 413 g/mol. The third kappa shape index (κ3) is 3.79. The predicted octanol–water partition coefficient (Wildman–Crippen LogP) is 5.73. The second kappa shape index (κ2) is 7.16. The van der Waals surface area contributed by atoms with E-state index >= 15 is 0 Å². The minimum absolute atomic E-state index is 0.0465. The van der Waals surface area contributed by atoms with E-state index in [0.717, 1.165) is 6.07 Å². The van der Waals surface area contributed by atoms with Crippen molar-refractivity contribution in [2.75, 3.05) is 0 Å². The van der Waals surface area contributed by atoms with Gasteiger partial charge in [-0.05, 0) is 30.2 Å². The Morgan fingerprint density at radius 1 is 1.18 bits per heavy atom. The van der Waals surface area contributed by atoms with Gasteiger partial charge in [0.2, 0.25) is 5.75 Å². The van der Waals surface area contributed by atoms with Gasteiger partial charge in [-0.15, -0.1) is 0 Å². The largest absolute Gasteiger partial charge is 0.448 e. The molecular weight excluding hydrogens is 403 g/mol. The lowest BCUT2D eigenvalue weighted by atomic mass is 10.1. The van der Waals surface area contributed by atoms with Gasteiger partial charge in [0.15, 0.2) is 0 Å². The minimum atomic E-state index is -4.75. The molecule has 3 rings (SSSR count). The van der Waals surface area contributed by atoms with Crippen molar-refractivity contribution in [2.45, 2.75) is 19.5 Å². The van der Waals surface area contributed by atoms with Gasteiger partial charge >= 0.3 is 17.5 Å². The van der Waals surface area contributed by atoms with Crippen LogP contribution in [0.4, 0.5) is 18.9 Å². The first-order valence-corrected chi connectivity index (χ1v) is 8.27. The molecule has 0 spiro atoms. The molecule has 6 nitrogen and oxygen atoms in total. The number of hydrogen-bond donors (Lipinski definition) is 0. The number of hydrogen-bond acceptors (Lipinski definition) is 5. The number of nitro benzene ring substituents is 1. The first-order valence-electron chi connectivity index (χ1n) is 7.90. The van der Waals surface area contributed by atoms with Crippen LogP contribution in [0.5, 0.6) is 11.5 Å². The lowest BCUT2D eigenvalue weighted by Gasteiger charge is -2.12. The Morgan fingerprint density at radius 3 is 2.50 bits per heavy atom. The average molecular weight is 414 g/mol. The van der Waals surface area contributed by atoms with E-state index in [9.17, 15) is 28.1 Å². The second-order valence-electron chi connectivity index (χ2n) is 5.76. The van der Waals surface area contributed by atoms with Crippen LogP contribution < -0.4 is 10.4 Å². The van der Waals surface area contributed by atoms with Crippen LogP contribution in [-0.2, 0) is 12.6 Å². The van der Waals surface area contributed by atoms with E-state index in [1.807, 2.05) is 6.92 Å². The SMILES string of the molecule is CCc1cc(=O)oc2cc(Oc3ccc(C(F)(F)F)cc3[N+](=O)[O-])c(Cl)cc12. The van der Waals surface area contributed by atoms with Crippen LogP contribution in [0.25, 0.3) is 11.0 Å². The number of alkyl halides is 3. The van der Waals surface area contributed by atoms with Gasteiger partial charge in [0, 0.05) is 23.6 Å². The van der Waals surface area contributed by atoms with E-state index < -0.39 is 33.7 Å². The molecule has 0 aliphatic rings. The number of fused-ring (bicyclic) bond motifs is 1. The maximum absolute atomic E-state index is 12.8. The van der Waals surface area contributed by atoms with E-state index in [-0.39, 0.29) is 16.4 Å². The van der Waals surface area contributed by atoms with E-state index in [2.05, 4.69) is 0 Å². The summed E-state index contributed by atoms with van der Waals surface area (Å²) in [7, 11) is 0. The minimum Gasteiger partial charge on any atom is -0.448 e. The number of halogens is 4. The molecule has 0 aliphatic carbocycles. The van der Waals surface area contributed by atoms with Gasteiger partial charge in [-0.25, -0.2) is 4.79 Å². The molecule has 3 aromatic rings. The zero-order valence-electron chi connectivity index (χ0n) is 14.2. The standard InChI is InChI=1S/C18H11ClF3NO5/c1-2-9-5-17(24)28-15-8-16(12(19)7-11(9)15)27-14-4-3-10(18(20,21)22)6-13(14)23(25)26/h3-8H,2H2,1H3. The summed E-state index contributed by atoms with van der Waals surface area (Å²) >= 11 is 6.16. The Balaban J connectivity index is 2.11. The van der Waals surface area contributed by atoms with Crippen molar-refractivity contribution in [2.24, 2.45) is 0 Å². The molecule has 0 saturated carbocycles. The van der Waals surface area contributed by atoms with Gasteiger partial charge in [0.05, 0.1) is 15.5 Å². The molecule has 0 bridgehead atoms. The molecule has 1 aromatic heterocycles. The molecule has 2 aromatic carbocycles. The quantitative estimate of drug-likeness (QED) is 0.310. The highest BCUT2D eigenvalue weighted by molar-refractivity contribution is 6.32. The number of nitro groups is 1. The van der Waals surface area contributed by atoms with Crippen molar-refractivity contribution < 1.29 is 27.2 Å².